The van der Waals surface area contributed by atoms with Gasteiger partial charge in [0.15, 0.2) is 0 Å². The number of ether oxygens (including phenoxy) is 1. The molecule has 0 unspecified atom stereocenters. The van der Waals surface area contributed by atoms with Gasteiger partial charge in [-0.15, -0.1) is 0 Å². The van der Waals surface area contributed by atoms with Gasteiger partial charge in [0.1, 0.15) is 5.76 Å². The Bertz CT molecular complexity index is 723. The van der Waals surface area contributed by atoms with Crippen LogP contribution in [0.25, 0.3) is 0 Å². The van der Waals surface area contributed by atoms with Gasteiger partial charge < -0.3 is 9.64 Å². The molecule has 0 bridgehead atoms. The Morgan fingerprint density at radius 3 is 2.62 bits per heavy atom. The fourth-order valence-corrected chi connectivity index (χ4v) is 2.62. The molecule has 26 heavy (non-hydrogen) atoms. The highest BCUT2D eigenvalue weighted by atomic mass is 16.5. The van der Waals surface area contributed by atoms with E-state index in [1.807, 2.05) is 0 Å². The average Bonchev–Trinajstić information content (AvgIpc) is 2.63. The molecule has 0 spiro atoms. The number of allylic oxidation sites excluding steroid dienone is 2. The summed E-state index contributed by atoms with van der Waals surface area (Å²) in [6, 6.07) is 5.17. The van der Waals surface area contributed by atoms with Crippen molar-refractivity contribution in [3.63, 3.8) is 0 Å². The van der Waals surface area contributed by atoms with Gasteiger partial charge in [0.05, 0.1) is 12.1 Å². The Morgan fingerprint density at radius 2 is 1.96 bits per heavy atom. The Hall–Kier alpha value is -2.76. The summed E-state index contributed by atoms with van der Waals surface area (Å²) in [7, 11) is 0. The topological polar surface area (TPSA) is 76.6 Å². The zero-order valence-electron chi connectivity index (χ0n) is 15.2. The first-order valence-electron chi connectivity index (χ1n) is 8.87. The van der Waals surface area contributed by atoms with Gasteiger partial charge in [-0.3, -0.25) is 14.4 Å². The molecule has 1 aliphatic rings. The SMILES string of the molecule is CCCCCCN(CC1=C(Oc2ccccn2)C=CC(=O)C1=O)C(C)=O. The number of Topliss-reactive ketones (excluding diaryl/α,β-unsaturated/α-hetero) is 1. The third-order valence-corrected chi connectivity index (χ3v) is 4.11. The number of rotatable bonds is 9. The summed E-state index contributed by atoms with van der Waals surface area (Å²) >= 11 is 0. The average molecular weight is 356 g/mol. The van der Waals surface area contributed by atoms with Gasteiger partial charge in [-0.05, 0) is 24.6 Å². The zero-order valence-corrected chi connectivity index (χ0v) is 15.2. The van der Waals surface area contributed by atoms with Crippen molar-refractivity contribution < 1.29 is 19.1 Å². The lowest BCUT2D eigenvalue weighted by atomic mass is 10.00. The lowest BCUT2D eigenvalue weighted by molar-refractivity contribution is -0.133. The van der Waals surface area contributed by atoms with Crippen LogP contribution in [-0.4, -0.2) is 40.4 Å². The van der Waals surface area contributed by atoms with Crippen LogP contribution in [0.4, 0.5) is 0 Å². The summed E-state index contributed by atoms with van der Waals surface area (Å²) in [5.74, 6) is -0.806. The number of hydrogen-bond donors (Lipinski definition) is 0. The standard InChI is InChI=1S/C20H24N2O4/c1-3-4-5-8-13-22(15(2)23)14-16-18(11-10-17(24)20(16)25)26-19-9-6-7-12-21-19/h6-7,9-12H,3-5,8,13-14H2,1-2H3. The van der Waals surface area contributed by atoms with E-state index in [9.17, 15) is 14.4 Å². The number of carbonyl (C=O) groups is 3. The number of unbranched alkanes of at least 4 members (excludes halogenated alkanes) is 3. The van der Waals surface area contributed by atoms with E-state index in [1.54, 1.807) is 29.3 Å². The molecule has 1 aliphatic carbocycles. The maximum absolute atomic E-state index is 12.4. The number of carbonyl (C=O) groups excluding carboxylic acids is 3. The molecule has 1 aromatic rings. The Balaban J connectivity index is 2.20. The highest BCUT2D eigenvalue weighted by molar-refractivity contribution is 6.48. The molecule has 1 aromatic heterocycles. The van der Waals surface area contributed by atoms with Crippen LogP contribution in [-0.2, 0) is 14.4 Å². The first-order chi connectivity index (χ1) is 12.5. The Kier molecular flexibility index (Phi) is 7.26. The molecule has 0 radical (unpaired) electrons. The largest absolute Gasteiger partial charge is 0.439 e. The van der Waals surface area contributed by atoms with Crippen LogP contribution in [0.3, 0.4) is 0 Å². The lowest BCUT2D eigenvalue weighted by Gasteiger charge is -2.24. The number of aromatic nitrogens is 1. The van der Waals surface area contributed by atoms with E-state index in [-0.39, 0.29) is 23.8 Å². The molecule has 0 atom stereocenters. The molecule has 0 saturated heterocycles. The number of pyridine rings is 1. The predicted molar refractivity (Wildman–Crippen MR) is 97.4 cm³/mol. The van der Waals surface area contributed by atoms with Crippen molar-refractivity contribution in [3.05, 3.63) is 47.9 Å². The molecule has 1 heterocycles. The van der Waals surface area contributed by atoms with Crippen LogP contribution in [0.1, 0.15) is 39.5 Å². The van der Waals surface area contributed by atoms with Crippen molar-refractivity contribution in [2.45, 2.75) is 39.5 Å². The number of ketones is 2. The smallest absolute Gasteiger partial charge is 0.234 e. The second-order valence-corrected chi connectivity index (χ2v) is 6.14. The van der Waals surface area contributed by atoms with Gasteiger partial charge in [0.25, 0.3) is 0 Å². The maximum atomic E-state index is 12.4. The van der Waals surface area contributed by atoms with E-state index in [1.165, 1.54) is 19.1 Å². The van der Waals surface area contributed by atoms with Gasteiger partial charge in [-0.2, -0.15) is 0 Å². The molecule has 0 aromatic carbocycles. The normalized spacial score (nSPS) is 13.9. The molecule has 2 rings (SSSR count). The van der Waals surface area contributed by atoms with E-state index in [0.717, 1.165) is 25.7 Å². The van der Waals surface area contributed by atoms with Gasteiger partial charge in [-0.1, -0.05) is 32.3 Å². The number of nitrogens with zero attached hydrogens (tertiary/aromatic N) is 2. The van der Waals surface area contributed by atoms with Crippen molar-refractivity contribution in [2.24, 2.45) is 0 Å². The van der Waals surface area contributed by atoms with Crippen molar-refractivity contribution in [2.75, 3.05) is 13.1 Å². The molecule has 0 saturated carbocycles. The molecule has 1 amide bonds. The summed E-state index contributed by atoms with van der Waals surface area (Å²) < 4.78 is 5.68. The number of amides is 1. The van der Waals surface area contributed by atoms with Gasteiger partial charge >= 0.3 is 0 Å². The van der Waals surface area contributed by atoms with E-state index in [4.69, 9.17) is 4.74 Å². The van der Waals surface area contributed by atoms with Gasteiger partial charge in [-0.25, -0.2) is 4.98 Å². The molecular weight excluding hydrogens is 332 g/mol. The van der Waals surface area contributed by atoms with Crippen LogP contribution >= 0.6 is 0 Å². The second kappa shape index (κ2) is 9.65. The summed E-state index contributed by atoms with van der Waals surface area (Å²) in [6.07, 6.45) is 8.30. The van der Waals surface area contributed by atoms with Crippen LogP contribution in [0.2, 0.25) is 0 Å². The fourth-order valence-electron chi connectivity index (χ4n) is 2.62. The Morgan fingerprint density at radius 1 is 1.15 bits per heavy atom. The molecule has 0 N–H and O–H groups in total. The highest BCUT2D eigenvalue weighted by Crippen LogP contribution is 2.20. The summed E-state index contributed by atoms with van der Waals surface area (Å²) in [6.45, 7) is 4.18. The molecule has 0 fully saturated rings. The second-order valence-electron chi connectivity index (χ2n) is 6.14. The molecule has 6 heteroatoms. The van der Waals surface area contributed by atoms with Crippen molar-refractivity contribution >= 4 is 17.5 Å². The van der Waals surface area contributed by atoms with E-state index in [0.29, 0.717) is 12.4 Å². The van der Waals surface area contributed by atoms with Crippen LogP contribution in [0.15, 0.2) is 47.9 Å². The van der Waals surface area contributed by atoms with E-state index < -0.39 is 11.6 Å². The van der Waals surface area contributed by atoms with Crippen molar-refractivity contribution in [1.29, 1.82) is 0 Å². The summed E-state index contributed by atoms with van der Waals surface area (Å²) in [5, 5.41) is 0. The first-order valence-corrected chi connectivity index (χ1v) is 8.87. The highest BCUT2D eigenvalue weighted by Gasteiger charge is 2.28. The van der Waals surface area contributed by atoms with Gasteiger partial charge in [0, 0.05) is 25.7 Å². The van der Waals surface area contributed by atoms with Gasteiger partial charge in [0.2, 0.25) is 23.4 Å². The number of hydrogen-bond acceptors (Lipinski definition) is 5. The minimum absolute atomic E-state index is 0.0541. The minimum Gasteiger partial charge on any atom is -0.439 e. The summed E-state index contributed by atoms with van der Waals surface area (Å²) in [5.41, 5.74) is 0.189. The third kappa shape index (κ3) is 5.37. The van der Waals surface area contributed by atoms with Crippen molar-refractivity contribution in [3.8, 4) is 5.88 Å². The van der Waals surface area contributed by atoms with Crippen LogP contribution < -0.4 is 4.74 Å². The van der Waals surface area contributed by atoms with E-state index in [2.05, 4.69) is 11.9 Å². The lowest BCUT2D eigenvalue weighted by Crippen LogP contribution is -2.36. The fraction of sp³-hybridized carbons (Fsp3) is 0.400. The van der Waals surface area contributed by atoms with E-state index >= 15 is 0 Å². The summed E-state index contributed by atoms with van der Waals surface area (Å²) in [4.78, 5) is 41.8. The molecule has 6 nitrogen and oxygen atoms in total. The maximum Gasteiger partial charge on any atom is 0.234 e. The monoisotopic (exact) mass is 356 g/mol. The first kappa shape index (κ1) is 19.6. The van der Waals surface area contributed by atoms with Crippen LogP contribution in [0.5, 0.6) is 5.88 Å². The van der Waals surface area contributed by atoms with Crippen molar-refractivity contribution in [1.82, 2.24) is 9.88 Å². The quantitative estimate of drug-likeness (QED) is 0.386. The predicted octanol–water partition coefficient (Wildman–Crippen LogP) is 2.85. The molecule has 138 valence electrons. The molecular formula is C20H24N2O4. The van der Waals surface area contributed by atoms with Crippen LogP contribution in [0, 0.1) is 0 Å². The third-order valence-electron chi connectivity index (χ3n) is 4.11. The Labute approximate surface area is 153 Å². The molecule has 0 aliphatic heterocycles. The minimum atomic E-state index is -0.641. The zero-order chi connectivity index (χ0) is 18.9.